The van der Waals surface area contributed by atoms with Crippen molar-refractivity contribution in [2.75, 3.05) is 0 Å². The molecule has 0 radical (unpaired) electrons. The van der Waals surface area contributed by atoms with E-state index in [4.69, 9.17) is 4.74 Å². The van der Waals surface area contributed by atoms with Crippen molar-refractivity contribution < 1.29 is 60.3 Å². The van der Waals surface area contributed by atoms with Gasteiger partial charge in [0, 0.05) is 53.1 Å². The molecule has 0 saturated carbocycles. The van der Waals surface area contributed by atoms with Crippen molar-refractivity contribution in [1.29, 1.82) is 0 Å². The quantitative estimate of drug-likeness (QED) is 0.0655. The smallest absolute Gasteiger partial charge is 0.174 e. The molecule has 52 heavy (non-hydrogen) atoms. The van der Waals surface area contributed by atoms with Gasteiger partial charge in [0.25, 0.3) is 0 Å². The standard InChI is InChI=1S/C40H40O12/c1-40(2,51)11-3-4-19-12-26(23-8-5-20(41)14-28(23)44)35(38(49)25-10-7-22(43)16-30(25)46)27(13-19)36-31(47)18-34-37(39(36)50)32(48)17-33(52-34)24-9-6-21(42)15-29(24)45/h5-10,13-16,18,26-27,33,35,41-47,50-51H,3-4,11-12,17H2,1-2H3/t26-,27-,33+,35-/m1/s1. The Balaban J connectivity index is 1.52. The van der Waals surface area contributed by atoms with Gasteiger partial charge in [0.15, 0.2) is 11.6 Å². The predicted molar refractivity (Wildman–Crippen MR) is 188 cm³/mol. The van der Waals surface area contributed by atoms with Gasteiger partial charge in [-0.1, -0.05) is 17.7 Å². The summed E-state index contributed by atoms with van der Waals surface area (Å²) < 4.78 is 6.01. The van der Waals surface area contributed by atoms with Crippen LogP contribution < -0.4 is 4.74 Å². The van der Waals surface area contributed by atoms with Gasteiger partial charge >= 0.3 is 0 Å². The van der Waals surface area contributed by atoms with E-state index in [2.05, 4.69) is 0 Å². The van der Waals surface area contributed by atoms with Gasteiger partial charge in [-0.15, -0.1) is 0 Å². The molecule has 0 aromatic heterocycles. The second-order valence-corrected chi connectivity index (χ2v) is 14.2. The van der Waals surface area contributed by atoms with Crippen LogP contribution in [0.5, 0.6) is 51.7 Å². The fourth-order valence-corrected chi connectivity index (χ4v) is 7.47. The molecule has 0 spiro atoms. The highest BCUT2D eigenvalue weighted by Crippen LogP contribution is 2.56. The fourth-order valence-electron chi connectivity index (χ4n) is 7.47. The summed E-state index contributed by atoms with van der Waals surface area (Å²) in [6.45, 7) is 3.36. The number of hydrogen-bond acceptors (Lipinski definition) is 12. The number of ketones is 2. The largest absolute Gasteiger partial charge is 0.508 e. The Labute approximate surface area is 298 Å². The number of phenolic OH excluding ortho intramolecular Hbond substituents is 8. The van der Waals surface area contributed by atoms with Crippen molar-refractivity contribution in [1.82, 2.24) is 0 Å². The summed E-state index contributed by atoms with van der Waals surface area (Å²) >= 11 is 0. The number of fused-ring (bicyclic) bond motifs is 1. The van der Waals surface area contributed by atoms with Crippen molar-refractivity contribution >= 4 is 11.6 Å². The summed E-state index contributed by atoms with van der Waals surface area (Å²) in [7, 11) is 0. The maximum Gasteiger partial charge on any atom is 0.174 e. The first kappa shape index (κ1) is 35.9. The van der Waals surface area contributed by atoms with Crippen molar-refractivity contribution in [3.05, 3.63) is 100 Å². The third-order valence-electron chi connectivity index (χ3n) is 9.86. The van der Waals surface area contributed by atoms with Crippen LogP contribution in [0.2, 0.25) is 0 Å². The van der Waals surface area contributed by atoms with Crippen molar-refractivity contribution in [3.8, 4) is 51.7 Å². The number of allylic oxidation sites excluding steroid dienone is 2. The molecule has 0 fully saturated rings. The van der Waals surface area contributed by atoms with Crippen LogP contribution in [0.15, 0.2) is 72.3 Å². The summed E-state index contributed by atoms with van der Waals surface area (Å²) in [6.07, 6.45) is 1.94. The number of carbonyl (C=O) groups excluding carboxylic acids is 2. The van der Waals surface area contributed by atoms with Gasteiger partial charge in [-0.2, -0.15) is 0 Å². The highest BCUT2D eigenvalue weighted by atomic mass is 16.5. The van der Waals surface area contributed by atoms with Crippen LogP contribution in [0.25, 0.3) is 0 Å². The van der Waals surface area contributed by atoms with Crippen LogP contribution in [-0.4, -0.2) is 63.1 Å². The summed E-state index contributed by atoms with van der Waals surface area (Å²) in [5.41, 5.74) is -0.367. The van der Waals surface area contributed by atoms with Crippen LogP contribution >= 0.6 is 0 Å². The lowest BCUT2D eigenvalue weighted by atomic mass is 9.64. The normalized spacial score (nSPS) is 20.1. The average molecular weight is 713 g/mol. The molecule has 6 rings (SSSR count). The molecule has 0 saturated heterocycles. The molecule has 0 amide bonds. The molecule has 0 bridgehead atoms. The van der Waals surface area contributed by atoms with Gasteiger partial charge < -0.3 is 50.7 Å². The Morgan fingerprint density at radius 3 is 1.96 bits per heavy atom. The Bertz CT molecular complexity index is 2090. The Morgan fingerprint density at radius 1 is 0.769 bits per heavy atom. The predicted octanol–water partition coefficient (Wildman–Crippen LogP) is 6.68. The van der Waals surface area contributed by atoms with E-state index in [0.717, 1.165) is 29.8 Å². The van der Waals surface area contributed by atoms with Crippen LogP contribution in [0, 0.1) is 5.92 Å². The minimum absolute atomic E-state index is 0.176. The molecule has 0 unspecified atom stereocenters. The monoisotopic (exact) mass is 712 g/mol. The number of carbonyl (C=O) groups is 2. The molecule has 4 aromatic carbocycles. The maximum atomic E-state index is 14.6. The first-order valence-corrected chi connectivity index (χ1v) is 16.8. The first-order valence-electron chi connectivity index (χ1n) is 16.8. The van der Waals surface area contributed by atoms with Crippen LogP contribution in [0.1, 0.15) is 101 Å². The average Bonchev–Trinajstić information content (AvgIpc) is 3.03. The maximum absolute atomic E-state index is 14.6. The summed E-state index contributed by atoms with van der Waals surface area (Å²) in [6, 6.07) is 12.4. The zero-order chi connectivity index (χ0) is 37.6. The molecule has 1 heterocycles. The number of aliphatic hydroxyl groups is 1. The first-order chi connectivity index (χ1) is 24.5. The minimum atomic E-state index is -1.24. The number of aromatic hydroxyl groups is 8. The lowest BCUT2D eigenvalue weighted by Gasteiger charge is -2.38. The van der Waals surface area contributed by atoms with Gasteiger partial charge in [0.1, 0.15) is 63.4 Å². The SMILES string of the molecule is CC(C)(O)CCCC1=C[C@@H](c2c(O)cc3c(c2O)C(=O)C[C@@H](c2ccc(O)cc2O)O3)[C@H](C(=O)c2ccc(O)cc2O)[C@@H](c2ccc(O)cc2O)C1. The van der Waals surface area contributed by atoms with Crippen LogP contribution in [0.4, 0.5) is 0 Å². The number of benzene rings is 4. The zero-order valence-electron chi connectivity index (χ0n) is 28.4. The number of rotatable bonds is 9. The van der Waals surface area contributed by atoms with Crippen LogP contribution in [0.3, 0.4) is 0 Å². The molecular weight excluding hydrogens is 672 g/mol. The lowest BCUT2D eigenvalue weighted by molar-refractivity contribution is 0.0687. The molecule has 2 aliphatic rings. The van der Waals surface area contributed by atoms with Crippen molar-refractivity contribution in [2.24, 2.45) is 5.92 Å². The molecule has 9 N–H and O–H groups in total. The van der Waals surface area contributed by atoms with Gasteiger partial charge in [-0.25, -0.2) is 0 Å². The molecule has 12 nitrogen and oxygen atoms in total. The van der Waals surface area contributed by atoms with E-state index < -0.39 is 58.3 Å². The van der Waals surface area contributed by atoms with E-state index in [1.54, 1.807) is 19.9 Å². The fraction of sp³-hybridized carbons (Fsp3) is 0.300. The van der Waals surface area contributed by atoms with E-state index >= 15 is 0 Å². The number of hydrogen-bond donors (Lipinski definition) is 9. The molecule has 1 aliphatic heterocycles. The Morgan fingerprint density at radius 2 is 1.37 bits per heavy atom. The second kappa shape index (κ2) is 13.7. The third-order valence-corrected chi connectivity index (χ3v) is 9.86. The summed E-state index contributed by atoms with van der Waals surface area (Å²) in [4.78, 5) is 28.3. The topological polar surface area (TPSA) is 225 Å². The van der Waals surface area contributed by atoms with E-state index in [1.165, 1.54) is 36.4 Å². The molecule has 4 aromatic rings. The molecule has 272 valence electrons. The van der Waals surface area contributed by atoms with Gasteiger partial charge in [0.2, 0.25) is 0 Å². The molecule has 4 atom stereocenters. The third kappa shape index (κ3) is 7.02. The van der Waals surface area contributed by atoms with E-state index in [-0.39, 0.29) is 75.2 Å². The number of Topliss-reactive ketones (excluding diaryl/α,β-unsaturated/α-hetero) is 2. The van der Waals surface area contributed by atoms with Gasteiger partial charge in [-0.05, 0) is 75.4 Å². The molecule has 1 aliphatic carbocycles. The lowest BCUT2D eigenvalue weighted by Crippen LogP contribution is -2.32. The Hall–Kier alpha value is -5.88. The molecular formula is C40H40O12. The highest BCUT2D eigenvalue weighted by molar-refractivity contribution is 6.04. The summed E-state index contributed by atoms with van der Waals surface area (Å²) in [5.74, 6) is -7.75. The Kier molecular flexibility index (Phi) is 9.45. The van der Waals surface area contributed by atoms with E-state index in [0.29, 0.717) is 19.3 Å². The zero-order valence-corrected chi connectivity index (χ0v) is 28.4. The van der Waals surface area contributed by atoms with Gasteiger partial charge in [0.05, 0.1) is 17.6 Å². The van der Waals surface area contributed by atoms with Crippen molar-refractivity contribution in [2.45, 2.75) is 69.5 Å². The second-order valence-electron chi connectivity index (χ2n) is 14.2. The van der Waals surface area contributed by atoms with Crippen molar-refractivity contribution in [3.63, 3.8) is 0 Å². The highest BCUT2D eigenvalue weighted by Gasteiger charge is 2.45. The van der Waals surface area contributed by atoms with E-state index in [1.807, 2.05) is 0 Å². The number of phenols is 8. The molecule has 12 heteroatoms. The number of ether oxygens (including phenoxy) is 1. The summed E-state index contributed by atoms with van der Waals surface area (Å²) in [5, 5.41) is 96.0. The van der Waals surface area contributed by atoms with Crippen LogP contribution in [-0.2, 0) is 0 Å². The van der Waals surface area contributed by atoms with Gasteiger partial charge in [-0.3, -0.25) is 9.59 Å². The van der Waals surface area contributed by atoms with E-state index in [9.17, 15) is 55.5 Å². The minimum Gasteiger partial charge on any atom is -0.508 e.